The van der Waals surface area contributed by atoms with Crippen LogP contribution in [0.4, 0.5) is 0 Å². The van der Waals surface area contributed by atoms with Crippen molar-refractivity contribution in [2.45, 2.75) is 0 Å². The summed E-state index contributed by atoms with van der Waals surface area (Å²) in [4.78, 5) is 4.30. The lowest BCUT2D eigenvalue weighted by molar-refractivity contribution is 0.410. The Morgan fingerprint density at radius 3 is 2.65 bits per heavy atom. The predicted octanol–water partition coefficient (Wildman–Crippen LogP) is 5.14. The molecule has 0 fully saturated rings. The van der Waals surface area contributed by atoms with E-state index in [2.05, 4.69) is 10.1 Å². The van der Waals surface area contributed by atoms with Gasteiger partial charge in [-0.2, -0.15) is 4.98 Å². The van der Waals surface area contributed by atoms with Crippen molar-refractivity contribution in [2.75, 3.05) is 7.11 Å². The molecule has 0 spiro atoms. The molecule has 1 heterocycles. The number of benzene rings is 2. The van der Waals surface area contributed by atoms with Crippen molar-refractivity contribution in [1.82, 2.24) is 10.1 Å². The van der Waals surface area contributed by atoms with Crippen molar-refractivity contribution in [3.63, 3.8) is 0 Å². The topological polar surface area (TPSA) is 48.2 Å². The van der Waals surface area contributed by atoms with Gasteiger partial charge in [0.05, 0.1) is 7.11 Å². The molecule has 1 aromatic heterocycles. The number of halogens is 2. The van der Waals surface area contributed by atoms with Crippen LogP contribution in [0.15, 0.2) is 53.1 Å². The lowest BCUT2D eigenvalue weighted by atomic mass is 10.2. The van der Waals surface area contributed by atoms with Crippen LogP contribution in [0, 0.1) is 0 Å². The number of rotatable bonds is 4. The van der Waals surface area contributed by atoms with Gasteiger partial charge in [0.1, 0.15) is 10.8 Å². The first-order valence-electron chi connectivity index (χ1n) is 6.77. The van der Waals surface area contributed by atoms with Crippen molar-refractivity contribution in [1.29, 1.82) is 0 Å². The zero-order valence-electron chi connectivity index (χ0n) is 12.2. The summed E-state index contributed by atoms with van der Waals surface area (Å²) in [5.41, 5.74) is 1.67. The van der Waals surface area contributed by atoms with Crippen molar-refractivity contribution in [3.8, 4) is 17.1 Å². The van der Waals surface area contributed by atoms with Gasteiger partial charge in [0.25, 0.3) is 5.89 Å². The van der Waals surface area contributed by atoms with E-state index in [0.29, 0.717) is 15.9 Å². The fraction of sp³-hybridized carbons (Fsp3) is 0.0588. The lowest BCUT2D eigenvalue weighted by Crippen LogP contribution is -1.84. The molecule has 0 aliphatic rings. The van der Waals surface area contributed by atoms with E-state index in [9.17, 15) is 0 Å². The van der Waals surface area contributed by atoms with Crippen molar-refractivity contribution < 1.29 is 9.26 Å². The van der Waals surface area contributed by atoms with Crippen LogP contribution in [0.5, 0.6) is 5.75 Å². The van der Waals surface area contributed by atoms with Crippen LogP contribution in [0.3, 0.4) is 0 Å². The molecule has 3 rings (SSSR count). The molecule has 3 aromatic rings. The van der Waals surface area contributed by atoms with Crippen LogP contribution in [-0.4, -0.2) is 17.3 Å². The van der Waals surface area contributed by atoms with Crippen molar-refractivity contribution >= 4 is 34.3 Å². The van der Waals surface area contributed by atoms with Crippen molar-refractivity contribution in [3.05, 3.63) is 65.0 Å². The zero-order chi connectivity index (χ0) is 16.2. The summed E-state index contributed by atoms with van der Waals surface area (Å²) < 4.78 is 10.3. The van der Waals surface area contributed by atoms with Crippen LogP contribution in [-0.2, 0) is 0 Å². The number of hydrogen-bond donors (Lipinski definition) is 0. The molecule has 0 saturated carbocycles. The Kier molecular flexibility index (Phi) is 4.65. The minimum absolute atomic E-state index is 0.248. The van der Waals surface area contributed by atoms with E-state index in [0.717, 1.165) is 16.9 Å². The van der Waals surface area contributed by atoms with E-state index in [1.54, 1.807) is 25.3 Å². The van der Waals surface area contributed by atoms with E-state index >= 15 is 0 Å². The first-order chi connectivity index (χ1) is 11.2. The molecule has 2 aromatic carbocycles. The van der Waals surface area contributed by atoms with Gasteiger partial charge in [0.2, 0.25) is 5.82 Å². The van der Waals surface area contributed by atoms with Crippen LogP contribution < -0.4 is 4.74 Å². The van der Waals surface area contributed by atoms with Gasteiger partial charge in [0.15, 0.2) is 0 Å². The molecule has 23 heavy (non-hydrogen) atoms. The molecule has 0 aliphatic carbocycles. The summed E-state index contributed by atoms with van der Waals surface area (Å²) in [7, 11) is 1.61. The smallest absolute Gasteiger partial charge is 0.269 e. The van der Waals surface area contributed by atoms with Gasteiger partial charge in [-0.3, -0.25) is 0 Å². The summed E-state index contributed by atoms with van der Waals surface area (Å²) in [6.07, 6.45) is 1.72. The zero-order valence-corrected chi connectivity index (χ0v) is 13.7. The molecule has 0 aliphatic heterocycles. The molecular weight excluding hydrogens is 335 g/mol. The highest BCUT2D eigenvalue weighted by Crippen LogP contribution is 2.25. The SMILES string of the molecule is COc1ccc(-c2noc(/C(Cl)=C/c3cccc(Cl)c3)n2)cc1. The van der Waals surface area contributed by atoms with Gasteiger partial charge in [-0.05, 0) is 48.0 Å². The van der Waals surface area contributed by atoms with Gasteiger partial charge in [-0.1, -0.05) is 40.5 Å². The first-order valence-corrected chi connectivity index (χ1v) is 7.52. The maximum atomic E-state index is 6.24. The largest absolute Gasteiger partial charge is 0.497 e. The highest BCUT2D eigenvalue weighted by Gasteiger charge is 2.11. The number of nitrogens with zero attached hydrogens (tertiary/aromatic N) is 2. The Hall–Kier alpha value is -2.30. The van der Waals surface area contributed by atoms with Gasteiger partial charge < -0.3 is 9.26 Å². The molecule has 6 heteroatoms. The van der Waals surface area contributed by atoms with Gasteiger partial charge in [-0.15, -0.1) is 0 Å². The molecule has 0 atom stereocenters. The van der Waals surface area contributed by atoms with Crippen LogP contribution in [0.25, 0.3) is 22.5 Å². The summed E-state index contributed by atoms with van der Waals surface area (Å²) in [6.45, 7) is 0. The quantitative estimate of drug-likeness (QED) is 0.656. The minimum atomic E-state index is 0.248. The van der Waals surface area contributed by atoms with E-state index in [4.69, 9.17) is 32.5 Å². The molecular formula is C17H12Cl2N2O2. The highest BCUT2D eigenvalue weighted by molar-refractivity contribution is 6.50. The Labute approximate surface area is 143 Å². The number of aromatic nitrogens is 2. The van der Waals surface area contributed by atoms with Gasteiger partial charge in [0, 0.05) is 10.6 Å². The second-order valence-corrected chi connectivity index (χ2v) is 5.54. The molecule has 116 valence electrons. The average Bonchev–Trinajstić information content (AvgIpc) is 3.05. The summed E-state index contributed by atoms with van der Waals surface area (Å²) in [5, 5.41) is 4.92. The molecule has 0 N–H and O–H groups in total. The normalized spacial score (nSPS) is 11.5. The number of methoxy groups -OCH3 is 1. The van der Waals surface area contributed by atoms with Gasteiger partial charge >= 0.3 is 0 Å². The molecule has 4 nitrogen and oxygen atoms in total. The molecule has 0 radical (unpaired) electrons. The van der Waals surface area contributed by atoms with Gasteiger partial charge in [-0.25, -0.2) is 0 Å². The Balaban J connectivity index is 1.85. The van der Waals surface area contributed by atoms with E-state index in [1.165, 1.54) is 0 Å². The fourth-order valence-corrected chi connectivity index (χ4v) is 2.38. The second kappa shape index (κ2) is 6.86. The van der Waals surface area contributed by atoms with Crippen LogP contribution >= 0.6 is 23.2 Å². The van der Waals surface area contributed by atoms with Crippen LogP contribution in [0.1, 0.15) is 11.5 Å². The summed E-state index contributed by atoms with van der Waals surface area (Å²) in [6, 6.07) is 14.7. The minimum Gasteiger partial charge on any atom is -0.497 e. The third kappa shape index (κ3) is 3.73. The molecule has 0 amide bonds. The van der Waals surface area contributed by atoms with E-state index in [1.807, 2.05) is 36.4 Å². The molecule has 0 unspecified atom stereocenters. The second-order valence-electron chi connectivity index (χ2n) is 4.70. The maximum absolute atomic E-state index is 6.24. The Bertz CT molecular complexity index is 842. The summed E-state index contributed by atoms with van der Waals surface area (Å²) in [5.74, 6) is 1.47. The predicted molar refractivity (Wildman–Crippen MR) is 91.5 cm³/mol. The number of ether oxygens (including phenoxy) is 1. The lowest BCUT2D eigenvalue weighted by Gasteiger charge is -1.98. The summed E-state index contributed by atoms with van der Waals surface area (Å²) >= 11 is 12.2. The van der Waals surface area contributed by atoms with Crippen LogP contribution in [0.2, 0.25) is 5.02 Å². The highest BCUT2D eigenvalue weighted by atomic mass is 35.5. The van der Waals surface area contributed by atoms with Crippen molar-refractivity contribution in [2.24, 2.45) is 0 Å². The molecule has 0 bridgehead atoms. The molecule has 0 saturated heterocycles. The first kappa shape index (κ1) is 15.6. The third-order valence-corrected chi connectivity index (χ3v) is 3.63. The monoisotopic (exact) mass is 346 g/mol. The average molecular weight is 347 g/mol. The third-order valence-electron chi connectivity index (χ3n) is 3.12. The fourth-order valence-electron chi connectivity index (χ4n) is 1.98. The Morgan fingerprint density at radius 1 is 1.17 bits per heavy atom. The Morgan fingerprint density at radius 2 is 1.96 bits per heavy atom. The standard InChI is InChI=1S/C17H12Cl2N2O2/c1-22-14-7-5-12(6-8-14)16-20-17(23-21-16)15(19)10-11-3-2-4-13(18)9-11/h2-10H,1H3/b15-10-. The number of hydrogen-bond acceptors (Lipinski definition) is 4. The van der Waals surface area contributed by atoms with E-state index in [-0.39, 0.29) is 5.89 Å². The van der Waals surface area contributed by atoms with E-state index < -0.39 is 0 Å². The maximum Gasteiger partial charge on any atom is 0.269 e.